The second-order valence-electron chi connectivity index (χ2n) is 5.55. The number of hydrogen-bond acceptors (Lipinski definition) is 4. The zero-order valence-electron chi connectivity index (χ0n) is 14.1. The molecule has 2 aromatic heterocycles. The summed E-state index contributed by atoms with van der Waals surface area (Å²) >= 11 is 4.87. The summed E-state index contributed by atoms with van der Waals surface area (Å²) in [5, 5.41) is 7.02. The smallest absolute Gasteiger partial charge is 0.259 e. The Morgan fingerprint density at radius 1 is 1.22 bits per heavy atom. The number of amides is 2. The number of furan rings is 1. The van der Waals surface area contributed by atoms with Crippen LogP contribution in [0.25, 0.3) is 6.08 Å². The van der Waals surface area contributed by atoms with Gasteiger partial charge in [0.2, 0.25) is 5.91 Å². The number of anilines is 2. The molecule has 0 saturated heterocycles. The molecule has 2 heterocycles. The van der Waals surface area contributed by atoms with Crippen molar-refractivity contribution in [2.75, 3.05) is 10.6 Å². The molecular weight excluding hydrogens is 435 g/mol. The van der Waals surface area contributed by atoms with Crippen molar-refractivity contribution in [1.29, 1.82) is 0 Å². The van der Waals surface area contributed by atoms with Gasteiger partial charge in [-0.2, -0.15) is 0 Å². The first-order valence-electron chi connectivity index (χ1n) is 7.80. The topological polar surface area (TPSA) is 71.3 Å². The number of halogens is 2. The van der Waals surface area contributed by atoms with Crippen LogP contribution in [-0.4, -0.2) is 11.8 Å². The van der Waals surface area contributed by atoms with E-state index in [1.165, 1.54) is 47.9 Å². The Labute approximate surface area is 167 Å². The van der Waals surface area contributed by atoms with Gasteiger partial charge in [-0.05, 0) is 70.2 Å². The Balaban J connectivity index is 1.69. The van der Waals surface area contributed by atoms with Crippen molar-refractivity contribution in [3.63, 3.8) is 0 Å². The van der Waals surface area contributed by atoms with Crippen LogP contribution in [0.4, 0.5) is 15.8 Å². The van der Waals surface area contributed by atoms with Gasteiger partial charge >= 0.3 is 0 Å². The summed E-state index contributed by atoms with van der Waals surface area (Å²) in [5.41, 5.74) is 1.53. The number of rotatable bonds is 5. The highest BCUT2D eigenvalue weighted by Crippen LogP contribution is 2.23. The van der Waals surface area contributed by atoms with Gasteiger partial charge < -0.3 is 15.1 Å². The van der Waals surface area contributed by atoms with Gasteiger partial charge in [-0.25, -0.2) is 4.39 Å². The normalized spacial score (nSPS) is 10.9. The van der Waals surface area contributed by atoms with Gasteiger partial charge in [0.15, 0.2) is 0 Å². The zero-order chi connectivity index (χ0) is 19.4. The quantitative estimate of drug-likeness (QED) is 0.509. The van der Waals surface area contributed by atoms with Crippen molar-refractivity contribution in [2.45, 2.75) is 6.92 Å². The molecule has 2 amide bonds. The van der Waals surface area contributed by atoms with Crippen LogP contribution in [-0.2, 0) is 4.79 Å². The maximum absolute atomic E-state index is 14.0. The van der Waals surface area contributed by atoms with Crippen LogP contribution >= 0.6 is 27.3 Å². The SMILES string of the molecule is Cc1occc1C(=O)Nc1cc(NC(=O)C=Cc2csc(Br)c2)ccc1F. The summed E-state index contributed by atoms with van der Waals surface area (Å²) in [6.07, 6.45) is 4.44. The number of benzene rings is 1. The number of hydrogen-bond donors (Lipinski definition) is 2. The Morgan fingerprint density at radius 3 is 2.70 bits per heavy atom. The van der Waals surface area contributed by atoms with E-state index >= 15 is 0 Å². The van der Waals surface area contributed by atoms with Crippen LogP contribution in [0.2, 0.25) is 0 Å². The Kier molecular flexibility index (Phi) is 5.88. The molecule has 1 aromatic carbocycles. The lowest BCUT2D eigenvalue weighted by Gasteiger charge is -2.09. The molecule has 0 atom stereocenters. The maximum Gasteiger partial charge on any atom is 0.259 e. The lowest BCUT2D eigenvalue weighted by molar-refractivity contribution is -0.111. The highest BCUT2D eigenvalue weighted by atomic mass is 79.9. The minimum Gasteiger partial charge on any atom is -0.469 e. The highest BCUT2D eigenvalue weighted by Gasteiger charge is 2.14. The van der Waals surface area contributed by atoms with E-state index in [4.69, 9.17) is 4.42 Å². The molecule has 5 nitrogen and oxygen atoms in total. The van der Waals surface area contributed by atoms with E-state index in [0.717, 1.165) is 9.35 Å². The minimum absolute atomic E-state index is 0.0378. The summed E-state index contributed by atoms with van der Waals surface area (Å²) in [5.74, 6) is -1.04. The fourth-order valence-electron chi connectivity index (χ4n) is 2.28. The summed E-state index contributed by atoms with van der Waals surface area (Å²) < 4.78 is 20.1. The molecule has 8 heteroatoms. The summed E-state index contributed by atoms with van der Waals surface area (Å²) in [7, 11) is 0. The predicted molar refractivity (Wildman–Crippen MR) is 107 cm³/mol. The number of thiophene rings is 1. The Bertz CT molecular complexity index is 1030. The molecule has 3 aromatic rings. The minimum atomic E-state index is -0.610. The van der Waals surface area contributed by atoms with Gasteiger partial charge in [0.25, 0.3) is 5.91 Å². The third kappa shape index (κ3) is 4.93. The molecule has 2 N–H and O–H groups in total. The average Bonchev–Trinajstić information content (AvgIpc) is 3.24. The van der Waals surface area contributed by atoms with Crippen molar-refractivity contribution in [2.24, 2.45) is 0 Å². The molecule has 0 spiro atoms. The lowest BCUT2D eigenvalue weighted by atomic mass is 10.2. The first kappa shape index (κ1) is 19.1. The van der Waals surface area contributed by atoms with Crippen molar-refractivity contribution in [1.82, 2.24) is 0 Å². The van der Waals surface area contributed by atoms with Gasteiger partial charge in [-0.15, -0.1) is 11.3 Å². The van der Waals surface area contributed by atoms with E-state index in [2.05, 4.69) is 26.6 Å². The highest BCUT2D eigenvalue weighted by molar-refractivity contribution is 9.11. The molecule has 0 fully saturated rings. The summed E-state index contributed by atoms with van der Waals surface area (Å²) in [4.78, 5) is 24.2. The molecule has 0 radical (unpaired) electrons. The number of carbonyl (C=O) groups is 2. The maximum atomic E-state index is 14.0. The van der Waals surface area contributed by atoms with E-state index in [1.807, 2.05) is 11.4 Å². The Hall–Kier alpha value is -2.71. The van der Waals surface area contributed by atoms with Crippen LogP contribution < -0.4 is 10.6 Å². The third-order valence-electron chi connectivity index (χ3n) is 3.60. The number of nitrogens with one attached hydrogen (secondary N) is 2. The lowest BCUT2D eigenvalue weighted by Crippen LogP contribution is -2.14. The van der Waals surface area contributed by atoms with Crippen LogP contribution in [0, 0.1) is 12.7 Å². The van der Waals surface area contributed by atoms with Gasteiger partial charge in [0, 0.05) is 11.8 Å². The molecule has 0 bridgehead atoms. The van der Waals surface area contributed by atoms with E-state index in [0.29, 0.717) is 17.0 Å². The molecule has 0 aliphatic heterocycles. The van der Waals surface area contributed by atoms with Crippen molar-refractivity contribution in [3.05, 3.63) is 74.5 Å². The van der Waals surface area contributed by atoms with Gasteiger partial charge in [-0.1, -0.05) is 0 Å². The van der Waals surface area contributed by atoms with Crippen molar-refractivity contribution < 1.29 is 18.4 Å². The fraction of sp³-hybridized carbons (Fsp3) is 0.0526. The molecule has 138 valence electrons. The number of aryl methyl sites for hydroxylation is 1. The molecule has 0 aliphatic rings. The molecule has 3 rings (SSSR count). The van der Waals surface area contributed by atoms with E-state index in [9.17, 15) is 14.0 Å². The van der Waals surface area contributed by atoms with Crippen molar-refractivity contribution >= 4 is 56.5 Å². The van der Waals surface area contributed by atoms with Crippen LogP contribution in [0.3, 0.4) is 0 Å². The van der Waals surface area contributed by atoms with Crippen LogP contribution in [0.1, 0.15) is 21.7 Å². The van der Waals surface area contributed by atoms with Gasteiger partial charge in [0.1, 0.15) is 11.6 Å². The average molecular weight is 449 g/mol. The molecular formula is C19H14BrFN2O3S. The van der Waals surface area contributed by atoms with E-state index < -0.39 is 11.7 Å². The zero-order valence-corrected chi connectivity index (χ0v) is 16.5. The summed E-state index contributed by atoms with van der Waals surface area (Å²) in [6, 6.07) is 7.34. The largest absolute Gasteiger partial charge is 0.469 e. The van der Waals surface area contributed by atoms with E-state index in [-0.39, 0.29) is 11.6 Å². The molecule has 0 unspecified atom stereocenters. The predicted octanol–water partition coefficient (Wildman–Crippen LogP) is 5.46. The van der Waals surface area contributed by atoms with E-state index in [1.54, 1.807) is 13.0 Å². The first-order chi connectivity index (χ1) is 12.9. The first-order valence-corrected chi connectivity index (χ1v) is 9.48. The third-order valence-corrected chi connectivity index (χ3v) is 5.12. The van der Waals surface area contributed by atoms with Crippen LogP contribution in [0.5, 0.6) is 0 Å². The van der Waals surface area contributed by atoms with Crippen LogP contribution in [0.15, 0.2) is 56.3 Å². The second kappa shape index (κ2) is 8.32. The van der Waals surface area contributed by atoms with Crippen molar-refractivity contribution in [3.8, 4) is 0 Å². The molecule has 0 saturated carbocycles. The number of carbonyl (C=O) groups excluding carboxylic acids is 2. The summed E-state index contributed by atoms with van der Waals surface area (Å²) in [6.45, 7) is 1.64. The van der Waals surface area contributed by atoms with Gasteiger partial charge in [-0.3, -0.25) is 9.59 Å². The fourth-order valence-corrected chi connectivity index (χ4v) is 3.42. The molecule has 27 heavy (non-hydrogen) atoms. The van der Waals surface area contributed by atoms with Gasteiger partial charge in [0.05, 0.1) is 21.3 Å². The second-order valence-corrected chi connectivity index (χ2v) is 7.84. The monoisotopic (exact) mass is 448 g/mol. The molecule has 0 aliphatic carbocycles. The Morgan fingerprint density at radius 2 is 2.04 bits per heavy atom. The standard InChI is InChI=1S/C19H14BrFN2O3S/c1-11-14(6-7-26-11)19(25)23-16-9-13(3-4-15(16)21)22-18(24)5-2-12-8-17(20)27-10-12/h2-10H,1H3,(H,22,24)(H,23,25).